The van der Waals surface area contributed by atoms with E-state index in [4.69, 9.17) is 4.74 Å². The Morgan fingerprint density at radius 1 is 1.25 bits per heavy atom. The Hall–Kier alpha value is -2.56. The maximum atomic E-state index is 11.9. The Balaban J connectivity index is 1.68. The molecule has 1 aliphatic carbocycles. The molecule has 2 N–H and O–H groups in total. The molecule has 0 saturated heterocycles. The van der Waals surface area contributed by atoms with Crippen LogP contribution < -0.4 is 15.6 Å². The van der Waals surface area contributed by atoms with Crippen molar-refractivity contribution in [2.45, 2.75) is 32.1 Å². The van der Waals surface area contributed by atoms with Crippen molar-refractivity contribution in [3.8, 4) is 17.0 Å². The highest BCUT2D eigenvalue weighted by Gasteiger charge is 2.06. The quantitative estimate of drug-likeness (QED) is 0.794. The Morgan fingerprint density at radius 2 is 2.08 bits per heavy atom. The zero-order chi connectivity index (χ0) is 16.8. The third kappa shape index (κ3) is 4.25. The first-order valence-electron chi connectivity index (χ1n) is 8.42. The van der Waals surface area contributed by atoms with Crippen LogP contribution in [0.2, 0.25) is 0 Å². The van der Waals surface area contributed by atoms with Crippen LogP contribution in [-0.4, -0.2) is 23.6 Å². The Labute approximate surface area is 141 Å². The van der Waals surface area contributed by atoms with E-state index in [1.165, 1.54) is 37.3 Å². The second-order valence-corrected chi connectivity index (χ2v) is 5.99. The first kappa shape index (κ1) is 16.3. The molecular formula is C19H23N3O2. The van der Waals surface area contributed by atoms with Crippen molar-refractivity contribution in [2.75, 3.05) is 19.0 Å². The number of benzene rings is 1. The zero-order valence-electron chi connectivity index (χ0n) is 14.0. The molecule has 1 heterocycles. The van der Waals surface area contributed by atoms with E-state index in [2.05, 4.69) is 21.4 Å². The summed E-state index contributed by atoms with van der Waals surface area (Å²) in [7, 11) is 1.63. The minimum atomic E-state index is -0.157. The van der Waals surface area contributed by atoms with Crippen LogP contribution >= 0.6 is 0 Å². The number of methoxy groups -OCH3 is 1. The van der Waals surface area contributed by atoms with Crippen molar-refractivity contribution in [1.29, 1.82) is 0 Å². The first-order valence-corrected chi connectivity index (χ1v) is 8.42. The Kier molecular flexibility index (Phi) is 5.31. The number of aromatic nitrogens is 2. The highest BCUT2D eigenvalue weighted by Crippen LogP contribution is 2.21. The van der Waals surface area contributed by atoms with Crippen molar-refractivity contribution < 1.29 is 4.74 Å². The van der Waals surface area contributed by atoms with Gasteiger partial charge in [-0.1, -0.05) is 11.6 Å². The number of anilines is 1. The van der Waals surface area contributed by atoms with E-state index in [-0.39, 0.29) is 5.56 Å². The molecule has 0 bridgehead atoms. The standard InChI is InChI=1S/C19H23N3O2/c1-24-16-9-7-15(8-10-16)17-13-18(23)22-19(21-17)20-12-11-14-5-3-2-4-6-14/h5,7-10,13H,2-4,6,11-12H2,1H3,(H2,20,21,22,23). The lowest BCUT2D eigenvalue weighted by Gasteiger charge is -2.13. The number of hydrogen-bond donors (Lipinski definition) is 2. The number of allylic oxidation sites excluding steroid dienone is 1. The summed E-state index contributed by atoms with van der Waals surface area (Å²) in [5, 5.41) is 3.23. The average Bonchev–Trinajstić information content (AvgIpc) is 2.62. The third-order valence-electron chi connectivity index (χ3n) is 4.25. The lowest BCUT2D eigenvalue weighted by molar-refractivity contribution is 0.415. The number of hydrogen-bond acceptors (Lipinski definition) is 4. The van der Waals surface area contributed by atoms with Gasteiger partial charge < -0.3 is 10.1 Å². The number of nitrogens with zero attached hydrogens (tertiary/aromatic N) is 1. The minimum absolute atomic E-state index is 0.157. The highest BCUT2D eigenvalue weighted by atomic mass is 16.5. The SMILES string of the molecule is COc1ccc(-c2cc(=O)[nH]c(NCCC3=CCCCC3)n2)cc1. The molecule has 1 aromatic carbocycles. The van der Waals surface area contributed by atoms with Crippen LogP contribution in [0.3, 0.4) is 0 Å². The largest absolute Gasteiger partial charge is 0.497 e. The van der Waals surface area contributed by atoms with Crippen molar-refractivity contribution in [3.05, 3.63) is 52.3 Å². The van der Waals surface area contributed by atoms with Crippen LogP contribution in [0.5, 0.6) is 5.75 Å². The number of aromatic amines is 1. The molecule has 1 aliphatic rings. The summed E-state index contributed by atoms with van der Waals surface area (Å²) in [4.78, 5) is 19.2. The van der Waals surface area contributed by atoms with Crippen molar-refractivity contribution in [2.24, 2.45) is 0 Å². The summed E-state index contributed by atoms with van der Waals surface area (Å²) in [6.45, 7) is 0.779. The topological polar surface area (TPSA) is 67.0 Å². The molecule has 0 amide bonds. The number of H-pyrrole nitrogens is 1. The van der Waals surface area contributed by atoms with Crippen molar-refractivity contribution >= 4 is 5.95 Å². The number of rotatable bonds is 6. The third-order valence-corrected chi connectivity index (χ3v) is 4.25. The summed E-state index contributed by atoms with van der Waals surface area (Å²) < 4.78 is 5.16. The molecule has 24 heavy (non-hydrogen) atoms. The highest BCUT2D eigenvalue weighted by molar-refractivity contribution is 5.60. The van der Waals surface area contributed by atoms with Gasteiger partial charge in [0.1, 0.15) is 5.75 Å². The molecule has 0 atom stereocenters. The van der Waals surface area contributed by atoms with E-state index in [1.54, 1.807) is 7.11 Å². The van der Waals surface area contributed by atoms with Gasteiger partial charge in [0.05, 0.1) is 12.8 Å². The van der Waals surface area contributed by atoms with Crippen LogP contribution in [0.15, 0.2) is 46.8 Å². The molecule has 0 saturated carbocycles. The van der Waals surface area contributed by atoms with Gasteiger partial charge in [-0.3, -0.25) is 9.78 Å². The second kappa shape index (κ2) is 7.81. The zero-order valence-corrected chi connectivity index (χ0v) is 14.0. The second-order valence-electron chi connectivity index (χ2n) is 5.99. The van der Waals surface area contributed by atoms with Gasteiger partial charge in [-0.2, -0.15) is 0 Å². The first-order chi connectivity index (χ1) is 11.7. The van der Waals surface area contributed by atoms with Gasteiger partial charge >= 0.3 is 0 Å². The number of nitrogens with one attached hydrogen (secondary N) is 2. The molecule has 0 spiro atoms. The van der Waals surface area contributed by atoms with Gasteiger partial charge in [-0.25, -0.2) is 4.98 Å². The minimum Gasteiger partial charge on any atom is -0.497 e. The molecule has 1 aromatic heterocycles. The molecule has 0 unspecified atom stereocenters. The predicted octanol–water partition coefficient (Wildman–Crippen LogP) is 3.75. The van der Waals surface area contributed by atoms with Crippen LogP contribution in [0.1, 0.15) is 32.1 Å². The average molecular weight is 325 g/mol. The molecule has 0 fully saturated rings. The van der Waals surface area contributed by atoms with E-state index >= 15 is 0 Å². The Morgan fingerprint density at radius 3 is 2.79 bits per heavy atom. The summed E-state index contributed by atoms with van der Waals surface area (Å²) in [6, 6.07) is 9.03. The van der Waals surface area contributed by atoms with Gasteiger partial charge in [0.2, 0.25) is 5.95 Å². The summed E-state index contributed by atoms with van der Waals surface area (Å²) in [6.07, 6.45) is 8.31. The fourth-order valence-corrected chi connectivity index (χ4v) is 2.92. The van der Waals surface area contributed by atoms with Crippen LogP contribution in [0.4, 0.5) is 5.95 Å². The van der Waals surface area contributed by atoms with Crippen molar-refractivity contribution in [3.63, 3.8) is 0 Å². The molecule has 5 nitrogen and oxygen atoms in total. The Bertz CT molecular complexity index is 763. The molecule has 2 aromatic rings. The van der Waals surface area contributed by atoms with Crippen LogP contribution in [-0.2, 0) is 0 Å². The monoisotopic (exact) mass is 325 g/mol. The van der Waals surface area contributed by atoms with Gasteiger partial charge in [0.25, 0.3) is 5.56 Å². The van der Waals surface area contributed by atoms with E-state index in [1.807, 2.05) is 24.3 Å². The predicted molar refractivity (Wildman–Crippen MR) is 96.5 cm³/mol. The van der Waals surface area contributed by atoms with Gasteiger partial charge in [0, 0.05) is 18.2 Å². The van der Waals surface area contributed by atoms with Gasteiger partial charge in [-0.15, -0.1) is 0 Å². The smallest absolute Gasteiger partial charge is 0.252 e. The summed E-state index contributed by atoms with van der Waals surface area (Å²) in [5.74, 6) is 1.30. The fourth-order valence-electron chi connectivity index (χ4n) is 2.92. The van der Waals surface area contributed by atoms with E-state index < -0.39 is 0 Å². The molecule has 0 aliphatic heterocycles. The molecule has 3 rings (SSSR count). The molecule has 0 radical (unpaired) electrons. The number of ether oxygens (including phenoxy) is 1. The summed E-state index contributed by atoms with van der Waals surface area (Å²) in [5.41, 5.74) is 2.89. The van der Waals surface area contributed by atoms with Gasteiger partial charge in [0.15, 0.2) is 0 Å². The summed E-state index contributed by atoms with van der Waals surface area (Å²) >= 11 is 0. The lowest BCUT2D eigenvalue weighted by atomic mass is 9.97. The normalized spacial score (nSPS) is 14.1. The van der Waals surface area contributed by atoms with E-state index in [0.29, 0.717) is 11.6 Å². The van der Waals surface area contributed by atoms with Crippen molar-refractivity contribution in [1.82, 2.24) is 9.97 Å². The molecule has 126 valence electrons. The maximum absolute atomic E-state index is 11.9. The van der Waals surface area contributed by atoms with E-state index in [0.717, 1.165) is 24.3 Å². The lowest BCUT2D eigenvalue weighted by Crippen LogP contribution is -2.14. The fraction of sp³-hybridized carbons (Fsp3) is 0.368. The van der Waals surface area contributed by atoms with E-state index in [9.17, 15) is 4.79 Å². The van der Waals surface area contributed by atoms with Crippen LogP contribution in [0, 0.1) is 0 Å². The molecule has 5 heteroatoms. The molecular weight excluding hydrogens is 302 g/mol. The maximum Gasteiger partial charge on any atom is 0.252 e. The van der Waals surface area contributed by atoms with Crippen LogP contribution in [0.25, 0.3) is 11.3 Å². The van der Waals surface area contributed by atoms with Gasteiger partial charge in [-0.05, 0) is 56.4 Å².